The first-order chi connectivity index (χ1) is 9.60. The highest BCUT2D eigenvalue weighted by Gasteiger charge is 2.37. The van der Waals surface area contributed by atoms with Crippen LogP contribution in [0.5, 0.6) is 0 Å². The highest BCUT2D eigenvalue weighted by atomic mass is 16.5. The lowest BCUT2D eigenvalue weighted by molar-refractivity contribution is -0.158. The van der Waals surface area contributed by atoms with E-state index < -0.39 is 12.2 Å². The minimum Gasteiger partial charge on any atom is -0.390 e. The van der Waals surface area contributed by atoms with Crippen molar-refractivity contribution < 1.29 is 14.6 Å². The van der Waals surface area contributed by atoms with Gasteiger partial charge in [-0.2, -0.15) is 0 Å². The number of aliphatic hydroxyl groups is 1. The smallest absolute Gasteiger partial charge is 0.252 e. The minimum atomic E-state index is -0.695. The topological polar surface area (TPSA) is 61.8 Å². The molecule has 114 valence electrons. The predicted octanol–water partition coefficient (Wildman–Crippen LogP) is 0.681. The Bertz CT molecular complexity index is 344. The van der Waals surface area contributed by atoms with Gasteiger partial charge in [-0.05, 0) is 39.2 Å². The summed E-state index contributed by atoms with van der Waals surface area (Å²) in [6, 6.07) is 0.303. The van der Waals surface area contributed by atoms with Crippen LogP contribution in [0, 0.1) is 0 Å². The number of rotatable bonds is 7. The number of hydrogen-bond donors (Lipinski definition) is 2. The molecular weight excluding hydrogens is 256 g/mol. The molecule has 1 aliphatic heterocycles. The van der Waals surface area contributed by atoms with Crippen molar-refractivity contribution >= 4 is 5.91 Å². The Labute approximate surface area is 121 Å². The maximum absolute atomic E-state index is 12.0. The summed E-state index contributed by atoms with van der Waals surface area (Å²) in [5.41, 5.74) is 0. The fraction of sp³-hybridized carbons (Fsp3) is 0.800. The lowest BCUT2D eigenvalue weighted by Gasteiger charge is -2.33. The number of ether oxygens (including phenoxy) is 1. The number of carbonyl (C=O) groups is 1. The highest BCUT2D eigenvalue weighted by molar-refractivity contribution is 5.82. The van der Waals surface area contributed by atoms with Crippen molar-refractivity contribution in [2.45, 2.75) is 56.5 Å². The molecule has 5 nitrogen and oxygen atoms in total. The van der Waals surface area contributed by atoms with Crippen LogP contribution >= 0.6 is 0 Å². The van der Waals surface area contributed by atoms with Crippen molar-refractivity contribution in [2.75, 3.05) is 20.1 Å². The summed E-state index contributed by atoms with van der Waals surface area (Å²) in [4.78, 5) is 14.2. The van der Waals surface area contributed by atoms with Crippen LogP contribution in [0.15, 0.2) is 12.7 Å². The number of nitrogens with zero attached hydrogens (tertiary/aromatic N) is 1. The van der Waals surface area contributed by atoms with E-state index in [1.807, 2.05) is 13.1 Å². The van der Waals surface area contributed by atoms with Gasteiger partial charge in [-0.15, -0.1) is 6.58 Å². The van der Waals surface area contributed by atoms with Gasteiger partial charge in [-0.3, -0.25) is 4.79 Å². The van der Waals surface area contributed by atoms with E-state index in [1.165, 1.54) is 0 Å². The highest BCUT2D eigenvalue weighted by Crippen LogP contribution is 2.24. The van der Waals surface area contributed by atoms with Gasteiger partial charge in [-0.25, -0.2) is 0 Å². The number of aliphatic hydroxyl groups excluding tert-OH is 1. The fourth-order valence-electron chi connectivity index (χ4n) is 2.51. The molecule has 3 atom stereocenters. The van der Waals surface area contributed by atoms with Gasteiger partial charge in [0.05, 0.1) is 12.2 Å². The summed E-state index contributed by atoms with van der Waals surface area (Å²) in [5, 5.41) is 12.9. The number of nitrogens with one attached hydrogen (secondary N) is 1. The van der Waals surface area contributed by atoms with Crippen LogP contribution < -0.4 is 5.32 Å². The molecule has 2 N–H and O–H groups in total. The summed E-state index contributed by atoms with van der Waals surface area (Å²) >= 11 is 0. The van der Waals surface area contributed by atoms with Crippen molar-refractivity contribution in [1.29, 1.82) is 0 Å². The lowest BCUT2D eigenvalue weighted by Crippen LogP contribution is -2.49. The summed E-state index contributed by atoms with van der Waals surface area (Å²) in [6.07, 6.45) is 4.99. The first-order valence-corrected chi connectivity index (χ1v) is 7.53. The molecule has 0 bridgehead atoms. The van der Waals surface area contributed by atoms with Gasteiger partial charge in [0, 0.05) is 19.1 Å². The Hall–Kier alpha value is -0.910. The van der Waals surface area contributed by atoms with E-state index in [0.717, 1.165) is 38.8 Å². The van der Waals surface area contributed by atoms with Crippen LogP contribution in [0.2, 0.25) is 0 Å². The average molecular weight is 282 g/mol. The molecule has 20 heavy (non-hydrogen) atoms. The summed E-state index contributed by atoms with van der Waals surface area (Å²) in [7, 11) is 2.04. The molecule has 5 heteroatoms. The first kappa shape index (κ1) is 15.5. The molecule has 1 aliphatic carbocycles. The first-order valence-electron chi connectivity index (χ1n) is 7.53. The van der Waals surface area contributed by atoms with Crippen LogP contribution in [0.4, 0.5) is 0 Å². The van der Waals surface area contributed by atoms with E-state index in [1.54, 1.807) is 0 Å². The third-order valence-electron chi connectivity index (χ3n) is 3.93. The Kier molecular flexibility index (Phi) is 5.57. The minimum absolute atomic E-state index is 0.0561. The van der Waals surface area contributed by atoms with Crippen molar-refractivity contribution in [3.63, 3.8) is 0 Å². The van der Waals surface area contributed by atoms with Crippen LogP contribution in [-0.2, 0) is 9.53 Å². The molecule has 0 radical (unpaired) electrons. The third-order valence-corrected chi connectivity index (χ3v) is 3.93. The quantitative estimate of drug-likeness (QED) is 0.674. The Morgan fingerprint density at radius 2 is 2.20 bits per heavy atom. The molecule has 3 unspecified atom stereocenters. The second kappa shape index (κ2) is 7.20. The molecule has 1 saturated carbocycles. The van der Waals surface area contributed by atoms with Crippen LogP contribution in [0.25, 0.3) is 0 Å². The SMILES string of the molecule is C=CCN(C)CCC1CCC(O)C(C(=O)NC2CC2)O1. The van der Waals surface area contributed by atoms with E-state index in [4.69, 9.17) is 4.74 Å². The van der Waals surface area contributed by atoms with Gasteiger partial charge in [0.15, 0.2) is 6.10 Å². The second-order valence-electron chi connectivity index (χ2n) is 5.95. The maximum atomic E-state index is 12.0. The normalized spacial score (nSPS) is 30.2. The van der Waals surface area contributed by atoms with E-state index in [0.29, 0.717) is 12.5 Å². The molecule has 1 heterocycles. The Morgan fingerprint density at radius 1 is 1.45 bits per heavy atom. The predicted molar refractivity (Wildman–Crippen MR) is 77.4 cm³/mol. The van der Waals surface area contributed by atoms with Crippen LogP contribution in [0.1, 0.15) is 32.1 Å². The van der Waals surface area contributed by atoms with Crippen molar-refractivity contribution in [2.24, 2.45) is 0 Å². The van der Waals surface area contributed by atoms with Gasteiger partial charge in [0.25, 0.3) is 5.91 Å². The zero-order valence-corrected chi connectivity index (χ0v) is 12.3. The second-order valence-corrected chi connectivity index (χ2v) is 5.95. The number of hydrogen-bond acceptors (Lipinski definition) is 4. The molecule has 0 spiro atoms. The standard InChI is InChI=1S/C15H26N2O3/c1-3-9-17(2)10-8-12-6-7-13(18)14(20-12)15(19)16-11-4-5-11/h3,11-14,18H,1,4-10H2,2H3,(H,16,19). The third kappa shape index (κ3) is 4.58. The summed E-state index contributed by atoms with van der Waals surface area (Å²) in [5.74, 6) is -0.149. The molecule has 0 aromatic rings. The van der Waals surface area contributed by atoms with E-state index in [2.05, 4.69) is 16.8 Å². The zero-order valence-electron chi connectivity index (χ0n) is 12.3. The Balaban J connectivity index is 1.77. The lowest BCUT2D eigenvalue weighted by atomic mass is 9.98. The number of likely N-dealkylation sites (N-methyl/N-ethyl adjacent to an activating group) is 1. The van der Waals surface area contributed by atoms with Gasteiger partial charge in [0.1, 0.15) is 0 Å². The Morgan fingerprint density at radius 3 is 2.85 bits per heavy atom. The molecule has 1 saturated heterocycles. The molecule has 0 aromatic heterocycles. The van der Waals surface area contributed by atoms with E-state index in [9.17, 15) is 9.90 Å². The molecule has 2 aliphatic rings. The average Bonchev–Trinajstić information content (AvgIpc) is 3.22. The molecular formula is C15H26N2O3. The van der Waals surface area contributed by atoms with Gasteiger partial charge < -0.3 is 20.1 Å². The molecule has 2 rings (SSSR count). The van der Waals surface area contributed by atoms with E-state index >= 15 is 0 Å². The summed E-state index contributed by atoms with van der Waals surface area (Å²) < 4.78 is 5.80. The summed E-state index contributed by atoms with van der Waals surface area (Å²) in [6.45, 7) is 5.47. The van der Waals surface area contributed by atoms with Crippen molar-refractivity contribution in [3.8, 4) is 0 Å². The maximum Gasteiger partial charge on any atom is 0.252 e. The molecule has 2 fully saturated rings. The number of amides is 1. The van der Waals surface area contributed by atoms with Gasteiger partial charge >= 0.3 is 0 Å². The largest absolute Gasteiger partial charge is 0.390 e. The number of carbonyl (C=O) groups excluding carboxylic acids is 1. The fourth-order valence-corrected chi connectivity index (χ4v) is 2.51. The van der Waals surface area contributed by atoms with E-state index in [-0.39, 0.29) is 12.0 Å². The molecule has 1 amide bonds. The zero-order chi connectivity index (χ0) is 14.5. The van der Waals surface area contributed by atoms with Gasteiger partial charge in [0.2, 0.25) is 0 Å². The van der Waals surface area contributed by atoms with Crippen molar-refractivity contribution in [3.05, 3.63) is 12.7 Å². The van der Waals surface area contributed by atoms with Crippen LogP contribution in [-0.4, -0.2) is 60.4 Å². The van der Waals surface area contributed by atoms with Gasteiger partial charge in [-0.1, -0.05) is 6.08 Å². The monoisotopic (exact) mass is 282 g/mol. The molecule has 0 aromatic carbocycles. The van der Waals surface area contributed by atoms with Crippen molar-refractivity contribution in [1.82, 2.24) is 10.2 Å². The van der Waals surface area contributed by atoms with Crippen LogP contribution in [0.3, 0.4) is 0 Å².